The number of nitrogens with zero attached hydrogens (tertiary/aromatic N) is 2. The number of amides is 1. The maximum absolute atomic E-state index is 11.7. The Morgan fingerprint density at radius 3 is 2.18 bits per heavy atom. The highest BCUT2D eigenvalue weighted by Crippen LogP contribution is 2.08. The zero-order chi connectivity index (χ0) is 17.1. The zero-order valence-electron chi connectivity index (χ0n) is 15.6. The SMILES string of the molecule is CC(C)CCCC(C)NC(=NCC(=O)N(C)C)NCC(C)C. The van der Waals surface area contributed by atoms with E-state index in [-0.39, 0.29) is 12.5 Å². The second-order valence-corrected chi connectivity index (χ2v) is 7.10. The van der Waals surface area contributed by atoms with Crippen LogP contribution in [-0.2, 0) is 4.79 Å². The lowest BCUT2D eigenvalue weighted by molar-refractivity contribution is -0.127. The topological polar surface area (TPSA) is 56.7 Å². The Kier molecular flexibility index (Phi) is 10.7. The molecule has 22 heavy (non-hydrogen) atoms. The molecule has 0 radical (unpaired) electrons. The summed E-state index contributed by atoms with van der Waals surface area (Å²) in [6.45, 7) is 12.0. The van der Waals surface area contributed by atoms with Crippen LogP contribution in [0, 0.1) is 11.8 Å². The van der Waals surface area contributed by atoms with E-state index in [2.05, 4.69) is 50.2 Å². The number of carbonyl (C=O) groups is 1. The summed E-state index contributed by atoms with van der Waals surface area (Å²) in [6.07, 6.45) is 3.57. The Labute approximate surface area is 136 Å². The molecule has 0 spiro atoms. The summed E-state index contributed by atoms with van der Waals surface area (Å²) < 4.78 is 0. The smallest absolute Gasteiger partial charge is 0.243 e. The van der Waals surface area contributed by atoms with Gasteiger partial charge in [-0.1, -0.05) is 40.5 Å². The molecule has 0 saturated heterocycles. The van der Waals surface area contributed by atoms with Crippen LogP contribution in [0.3, 0.4) is 0 Å². The molecule has 5 nitrogen and oxygen atoms in total. The largest absolute Gasteiger partial charge is 0.356 e. The van der Waals surface area contributed by atoms with E-state index in [1.807, 2.05) is 0 Å². The summed E-state index contributed by atoms with van der Waals surface area (Å²) in [6, 6.07) is 0.353. The molecule has 2 N–H and O–H groups in total. The molecule has 5 heteroatoms. The molecular weight excluding hydrogens is 276 g/mol. The Morgan fingerprint density at radius 1 is 1.05 bits per heavy atom. The number of hydrogen-bond acceptors (Lipinski definition) is 2. The normalized spacial score (nSPS) is 13.4. The van der Waals surface area contributed by atoms with E-state index in [1.165, 1.54) is 12.8 Å². The van der Waals surface area contributed by atoms with Crippen molar-refractivity contribution in [2.75, 3.05) is 27.2 Å². The summed E-state index contributed by atoms with van der Waals surface area (Å²) in [7, 11) is 3.50. The van der Waals surface area contributed by atoms with Crippen LogP contribution in [-0.4, -0.2) is 50.0 Å². The van der Waals surface area contributed by atoms with E-state index in [0.717, 1.165) is 24.8 Å². The van der Waals surface area contributed by atoms with Crippen LogP contribution in [0.2, 0.25) is 0 Å². The first-order valence-electron chi connectivity index (χ1n) is 8.47. The highest BCUT2D eigenvalue weighted by atomic mass is 16.2. The molecule has 1 unspecified atom stereocenters. The van der Waals surface area contributed by atoms with Crippen LogP contribution < -0.4 is 10.6 Å². The molecular formula is C17H36N4O. The van der Waals surface area contributed by atoms with E-state index in [4.69, 9.17) is 0 Å². The standard InChI is InChI=1S/C17H36N4O/c1-13(2)9-8-10-15(5)20-17(18-11-14(3)4)19-12-16(22)21(6)7/h13-15H,8-12H2,1-7H3,(H2,18,19,20). The van der Waals surface area contributed by atoms with Gasteiger partial charge in [-0.2, -0.15) is 0 Å². The summed E-state index contributed by atoms with van der Waals surface area (Å²) in [5.74, 6) is 2.03. The quantitative estimate of drug-likeness (QED) is 0.508. The van der Waals surface area contributed by atoms with Gasteiger partial charge in [0.25, 0.3) is 0 Å². The van der Waals surface area contributed by atoms with Gasteiger partial charge in [0, 0.05) is 26.7 Å². The fourth-order valence-electron chi connectivity index (χ4n) is 1.88. The Hall–Kier alpha value is -1.26. The molecule has 1 amide bonds. The minimum Gasteiger partial charge on any atom is -0.356 e. The number of likely N-dealkylation sites (N-methyl/N-ethyl adjacent to an activating group) is 1. The van der Waals surface area contributed by atoms with Crippen molar-refractivity contribution < 1.29 is 4.79 Å². The van der Waals surface area contributed by atoms with Crippen molar-refractivity contribution >= 4 is 11.9 Å². The minimum absolute atomic E-state index is 0.0121. The van der Waals surface area contributed by atoms with Gasteiger partial charge in [0.05, 0.1) is 0 Å². The molecule has 0 aromatic heterocycles. The van der Waals surface area contributed by atoms with E-state index < -0.39 is 0 Å². The van der Waals surface area contributed by atoms with Crippen molar-refractivity contribution in [3.63, 3.8) is 0 Å². The molecule has 0 aromatic carbocycles. The molecule has 0 aliphatic rings. The lowest BCUT2D eigenvalue weighted by atomic mass is 10.0. The number of aliphatic imine (C=N–C) groups is 1. The van der Waals surface area contributed by atoms with Gasteiger partial charge in [0.1, 0.15) is 6.54 Å². The van der Waals surface area contributed by atoms with E-state index in [9.17, 15) is 4.79 Å². The van der Waals surface area contributed by atoms with Crippen LogP contribution >= 0.6 is 0 Å². The maximum atomic E-state index is 11.7. The van der Waals surface area contributed by atoms with E-state index in [1.54, 1.807) is 19.0 Å². The summed E-state index contributed by atoms with van der Waals surface area (Å²) in [5, 5.41) is 6.72. The fraction of sp³-hybridized carbons (Fsp3) is 0.882. The summed E-state index contributed by atoms with van der Waals surface area (Å²) >= 11 is 0. The minimum atomic E-state index is 0.0121. The van der Waals surface area contributed by atoms with Crippen molar-refractivity contribution in [2.24, 2.45) is 16.8 Å². The molecule has 0 heterocycles. The molecule has 0 rings (SSSR count). The van der Waals surface area contributed by atoms with Crippen molar-refractivity contribution in [3.05, 3.63) is 0 Å². The average Bonchev–Trinajstić information content (AvgIpc) is 2.40. The highest BCUT2D eigenvalue weighted by Gasteiger charge is 2.08. The van der Waals surface area contributed by atoms with E-state index in [0.29, 0.717) is 12.0 Å². The maximum Gasteiger partial charge on any atom is 0.243 e. The summed E-state index contributed by atoms with van der Waals surface area (Å²) in [4.78, 5) is 17.6. The third-order valence-electron chi connectivity index (χ3n) is 3.35. The predicted molar refractivity (Wildman–Crippen MR) is 95.1 cm³/mol. The van der Waals surface area contributed by atoms with Gasteiger partial charge in [-0.25, -0.2) is 4.99 Å². The average molecular weight is 313 g/mol. The lowest BCUT2D eigenvalue weighted by Gasteiger charge is -2.20. The van der Waals surface area contributed by atoms with Gasteiger partial charge in [-0.15, -0.1) is 0 Å². The fourth-order valence-corrected chi connectivity index (χ4v) is 1.88. The van der Waals surface area contributed by atoms with Crippen molar-refractivity contribution in [1.29, 1.82) is 0 Å². The molecule has 0 aromatic rings. The van der Waals surface area contributed by atoms with Crippen molar-refractivity contribution in [2.45, 2.75) is 59.9 Å². The molecule has 130 valence electrons. The third-order valence-corrected chi connectivity index (χ3v) is 3.35. The number of carbonyl (C=O) groups excluding carboxylic acids is 1. The lowest BCUT2D eigenvalue weighted by Crippen LogP contribution is -2.44. The van der Waals surface area contributed by atoms with Crippen LogP contribution in [0.15, 0.2) is 4.99 Å². The second kappa shape index (κ2) is 11.3. The van der Waals surface area contributed by atoms with Crippen molar-refractivity contribution in [3.8, 4) is 0 Å². The van der Waals surface area contributed by atoms with Gasteiger partial charge >= 0.3 is 0 Å². The van der Waals surface area contributed by atoms with Crippen LogP contribution in [0.1, 0.15) is 53.9 Å². The second-order valence-electron chi connectivity index (χ2n) is 7.10. The number of nitrogens with one attached hydrogen (secondary N) is 2. The predicted octanol–water partition coefficient (Wildman–Crippen LogP) is 2.48. The zero-order valence-corrected chi connectivity index (χ0v) is 15.6. The first-order valence-corrected chi connectivity index (χ1v) is 8.47. The van der Waals surface area contributed by atoms with Crippen LogP contribution in [0.25, 0.3) is 0 Å². The summed E-state index contributed by atoms with van der Waals surface area (Å²) in [5.41, 5.74) is 0. The highest BCUT2D eigenvalue weighted by molar-refractivity contribution is 5.84. The Bertz CT molecular complexity index is 338. The van der Waals surface area contributed by atoms with Gasteiger partial charge < -0.3 is 15.5 Å². The van der Waals surface area contributed by atoms with E-state index >= 15 is 0 Å². The Morgan fingerprint density at radius 2 is 1.68 bits per heavy atom. The molecule has 0 bridgehead atoms. The van der Waals surface area contributed by atoms with Crippen LogP contribution in [0.5, 0.6) is 0 Å². The first kappa shape index (κ1) is 20.7. The van der Waals surface area contributed by atoms with Gasteiger partial charge in [-0.05, 0) is 25.2 Å². The third kappa shape index (κ3) is 11.4. The van der Waals surface area contributed by atoms with Gasteiger partial charge in [0.2, 0.25) is 5.91 Å². The molecule has 1 atom stereocenters. The monoisotopic (exact) mass is 312 g/mol. The molecule has 0 fully saturated rings. The Balaban J connectivity index is 4.44. The molecule has 0 saturated carbocycles. The van der Waals surface area contributed by atoms with Crippen molar-refractivity contribution in [1.82, 2.24) is 15.5 Å². The van der Waals surface area contributed by atoms with Gasteiger partial charge in [-0.3, -0.25) is 4.79 Å². The van der Waals surface area contributed by atoms with Gasteiger partial charge in [0.15, 0.2) is 5.96 Å². The van der Waals surface area contributed by atoms with Crippen LogP contribution in [0.4, 0.5) is 0 Å². The molecule has 0 aliphatic heterocycles. The first-order chi connectivity index (χ1) is 10.2. The molecule has 0 aliphatic carbocycles. The number of hydrogen-bond donors (Lipinski definition) is 2. The number of guanidine groups is 1. The number of rotatable bonds is 9.